The van der Waals surface area contributed by atoms with Crippen LogP contribution in [0.1, 0.15) is 23.8 Å². The first-order valence-electron chi connectivity index (χ1n) is 6.85. The number of H-pyrrole nitrogens is 1. The smallest absolute Gasteiger partial charge is 0.269 e. The van der Waals surface area contributed by atoms with Crippen LogP contribution in [0.2, 0.25) is 0 Å². The van der Waals surface area contributed by atoms with Gasteiger partial charge in [0.2, 0.25) is 5.91 Å². The van der Waals surface area contributed by atoms with Crippen molar-refractivity contribution >= 4 is 17.5 Å². The highest BCUT2D eigenvalue weighted by atomic mass is 16.2. The van der Waals surface area contributed by atoms with E-state index in [0.717, 1.165) is 5.69 Å². The molecule has 1 saturated heterocycles. The molecule has 0 radical (unpaired) electrons. The minimum Gasteiger partial charge on any atom is -0.339 e. The number of nitrogens with zero attached hydrogens (tertiary/aromatic N) is 2. The number of amides is 2. The zero-order valence-corrected chi connectivity index (χ0v) is 11.6. The predicted molar refractivity (Wildman–Crippen MR) is 77.8 cm³/mol. The van der Waals surface area contributed by atoms with Crippen molar-refractivity contribution in [3.63, 3.8) is 0 Å². The summed E-state index contributed by atoms with van der Waals surface area (Å²) in [6, 6.07) is 10.6. The molecule has 2 amide bonds. The van der Waals surface area contributed by atoms with Crippen LogP contribution in [0.25, 0.3) is 0 Å². The van der Waals surface area contributed by atoms with E-state index in [4.69, 9.17) is 0 Å². The molecule has 1 aliphatic rings. The van der Waals surface area contributed by atoms with Gasteiger partial charge in [-0.05, 0) is 31.5 Å². The summed E-state index contributed by atoms with van der Waals surface area (Å²) < 4.78 is 0. The molecule has 0 bridgehead atoms. The molecule has 108 valence electrons. The molecule has 0 unspecified atom stereocenters. The zero-order chi connectivity index (χ0) is 14.8. The lowest BCUT2D eigenvalue weighted by atomic mass is 10.2. The molecule has 6 nitrogen and oxygen atoms in total. The molecule has 2 aromatic rings. The second-order valence-electron chi connectivity index (χ2n) is 5.12. The molecule has 3 rings (SSSR count). The molecule has 0 saturated carbocycles. The number of carbonyl (C=O) groups is 2. The fraction of sp³-hybridized carbons (Fsp3) is 0.267. The van der Waals surface area contributed by atoms with Crippen molar-refractivity contribution < 1.29 is 9.59 Å². The van der Waals surface area contributed by atoms with E-state index >= 15 is 0 Å². The van der Waals surface area contributed by atoms with E-state index in [1.807, 2.05) is 37.3 Å². The topological polar surface area (TPSA) is 78.1 Å². The van der Waals surface area contributed by atoms with Gasteiger partial charge in [0.15, 0.2) is 0 Å². The molecule has 2 N–H and O–H groups in total. The average molecular weight is 284 g/mol. The maximum absolute atomic E-state index is 12.5. The summed E-state index contributed by atoms with van der Waals surface area (Å²) in [6.07, 6.45) is 2.10. The summed E-state index contributed by atoms with van der Waals surface area (Å²) in [5, 5.41) is 9.09. The molecule has 2 atom stereocenters. The van der Waals surface area contributed by atoms with Gasteiger partial charge in [-0.3, -0.25) is 14.7 Å². The van der Waals surface area contributed by atoms with Crippen molar-refractivity contribution in [2.45, 2.75) is 25.4 Å². The normalized spacial score (nSPS) is 21.6. The van der Waals surface area contributed by atoms with Gasteiger partial charge in [0.1, 0.15) is 11.7 Å². The summed E-state index contributed by atoms with van der Waals surface area (Å²) >= 11 is 0. The lowest BCUT2D eigenvalue weighted by molar-refractivity contribution is -0.118. The maximum atomic E-state index is 12.5. The van der Waals surface area contributed by atoms with E-state index < -0.39 is 6.04 Å². The molecule has 0 spiro atoms. The molecule has 6 heteroatoms. The van der Waals surface area contributed by atoms with E-state index in [1.54, 1.807) is 11.0 Å². The molecule has 1 aromatic heterocycles. The van der Waals surface area contributed by atoms with Crippen LogP contribution in [0.5, 0.6) is 0 Å². The number of hydrogen-bond donors (Lipinski definition) is 2. The minimum absolute atomic E-state index is 0.0481. The fourth-order valence-electron chi connectivity index (χ4n) is 2.64. The summed E-state index contributed by atoms with van der Waals surface area (Å²) in [7, 11) is 0. The zero-order valence-electron chi connectivity index (χ0n) is 11.6. The Labute approximate surface area is 122 Å². The number of carbonyl (C=O) groups excluding carboxylic acids is 2. The van der Waals surface area contributed by atoms with Crippen LogP contribution >= 0.6 is 0 Å². The third-order valence-electron chi connectivity index (χ3n) is 3.64. The summed E-state index contributed by atoms with van der Waals surface area (Å²) in [5.41, 5.74) is 1.21. The van der Waals surface area contributed by atoms with Crippen molar-refractivity contribution in [1.82, 2.24) is 15.5 Å². The lowest BCUT2D eigenvalue weighted by Gasteiger charge is -2.21. The van der Waals surface area contributed by atoms with Crippen LogP contribution in [0.3, 0.4) is 0 Å². The van der Waals surface area contributed by atoms with Crippen molar-refractivity contribution in [3.8, 4) is 0 Å². The molecule has 1 aromatic carbocycles. The van der Waals surface area contributed by atoms with Crippen molar-refractivity contribution in [2.24, 2.45) is 0 Å². The van der Waals surface area contributed by atoms with Gasteiger partial charge >= 0.3 is 0 Å². The highest BCUT2D eigenvalue weighted by Crippen LogP contribution is 2.26. The summed E-state index contributed by atoms with van der Waals surface area (Å²) in [6.45, 7) is 1.98. The third-order valence-corrected chi connectivity index (χ3v) is 3.64. The van der Waals surface area contributed by atoms with Crippen LogP contribution in [-0.2, 0) is 4.79 Å². The Morgan fingerprint density at radius 2 is 2.10 bits per heavy atom. The highest BCUT2D eigenvalue weighted by molar-refractivity contribution is 6.03. The molecule has 1 aliphatic heterocycles. The first kappa shape index (κ1) is 13.4. The van der Waals surface area contributed by atoms with Crippen molar-refractivity contribution in [2.75, 3.05) is 4.90 Å². The number of rotatable bonds is 3. The largest absolute Gasteiger partial charge is 0.339 e. The van der Waals surface area contributed by atoms with Gasteiger partial charge in [0.05, 0.1) is 0 Å². The van der Waals surface area contributed by atoms with E-state index in [-0.39, 0.29) is 17.9 Å². The monoisotopic (exact) mass is 284 g/mol. The predicted octanol–water partition coefficient (Wildman–Crippen LogP) is 1.33. The van der Waals surface area contributed by atoms with Crippen LogP contribution in [-0.4, -0.2) is 34.1 Å². The van der Waals surface area contributed by atoms with E-state index in [0.29, 0.717) is 12.1 Å². The van der Waals surface area contributed by atoms with Gasteiger partial charge in [-0.15, -0.1) is 0 Å². The molecule has 2 heterocycles. The third kappa shape index (κ3) is 2.52. The SMILES string of the molecule is C[C@@H]1C[C@@H](NC(=O)c2ccn[nH]2)C(=O)N1c1ccccc1. The Balaban J connectivity index is 1.75. The summed E-state index contributed by atoms with van der Waals surface area (Å²) in [5.74, 6) is -0.394. The van der Waals surface area contributed by atoms with Crippen LogP contribution in [0.15, 0.2) is 42.6 Å². The van der Waals surface area contributed by atoms with E-state index in [2.05, 4.69) is 15.5 Å². The second kappa shape index (κ2) is 5.40. The maximum Gasteiger partial charge on any atom is 0.269 e. The van der Waals surface area contributed by atoms with Crippen LogP contribution in [0.4, 0.5) is 5.69 Å². The standard InChI is InChI=1S/C15H16N4O2/c1-10-9-13(17-14(20)12-7-8-16-18-12)15(21)19(10)11-5-3-2-4-6-11/h2-8,10,13H,9H2,1H3,(H,16,18)(H,17,20)/t10-,13-/m1/s1. The molecule has 1 fully saturated rings. The average Bonchev–Trinajstić information content (AvgIpc) is 3.09. The summed E-state index contributed by atoms with van der Waals surface area (Å²) in [4.78, 5) is 26.2. The minimum atomic E-state index is -0.504. The Kier molecular flexibility index (Phi) is 3.43. The second-order valence-corrected chi connectivity index (χ2v) is 5.12. The number of aromatic nitrogens is 2. The molecular weight excluding hydrogens is 268 g/mol. The number of para-hydroxylation sites is 1. The van der Waals surface area contributed by atoms with Gasteiger partial charge in [-0.2, -0.15) is 5.10 Å². The van der Waals surface area contributed by atoms with Gasteiger partial charge in [-0.25, -0.2) is 0 Å². The lowest BCUT2D eigenvalue weighted by Crippen LogP contribution is -2.42. The number of benzene rings is 1. The highest BCUT2D eigenvalue weighted by Gasteiger charge is 2.38. The Morgan fingerprint density at radius 3 is 2.76 bits per heavy atom. The first-order valence-corrected chi connectivity index (χ1v) is 6.85. The number of aromatic amines is 1. The van der Waals surface area contributed by atoms with Crippen molar-refractivity contribution in [3.05, 3.63) is 48.3 Å². The number of nitrogens with one attached hydrogen (secondary N) is 2. The van der Waals surface area contributed by atoms with Crippen LogP contribution in [0, 0.1) is 0 Å². The first-order chi connectivity index (χ1) is 10.2. The van der Waals surface area contributed by atoms with E-state index in [9.17, 15) is 9.59 Å². The van der Waals surface area contributed by atoms with Gasteiger partial charge in [0, 0.05) is 17.9 Å². The quantitative estimate of drug-likeness (QED) is 0.892. The Hall–Kier alpha value is -2.63. The van der Waals surface area contributed by atoms with Gasteiger partial charge in [0.25, 0.3) is 5.91 Å². The fourth-order valence-corrected chi connectivity index (χ4v) is 2.64. The van der Waals surface area contributed by atoms with E-state index in [1.165, 1.54) is 6.20 Å². The molecular formula is C15H16N4O2. The van der Waals surface area contributed by atoms with Crippen molar-refractivity contribution in [1.29, 1.82) is 0 Å². The Morgan fingerprint density at radius 1 is 1.33 bits per heavy atom. The number of hydrogen-bond acceptors (Lipinski definition) is 3. The van der Waals surface area contributed by atoms with Gasteiger partial charge < -0.3 is 10.2 Å². The Bertz CT molecular complexity index is 639. The van der Waals surface area contributed by atoms with Crippen LogP contribution < -0.4 is 10.2 Å². The number of anilines is 1. The van der Waals surface area contributed by atoms with Gasteiger partial charge in [-0.1, -0.05) is 18.2 Å². The molecule has 0 aliphatic carbocycles. The molecule has 21 heavy (non-hydrogen) atoms.